The van der Waals surface area contributed by atoms with Crippen molar-refractivity contribution in [3.8, 4) is 5.69 Å². The van der Waals surface area contributed by atoms with Gasteiger partial charge in [-0.05, 0) is 38.1 Å². The van der Waals surface area contributed by atoms with E-state index in [-0.39, 0.29) is 11.2 Å². The predicted octanol–water partition coefficient (Wildman–Crippen LogP) is 3.70. The molecular formula is C18H18N4OS. The molecule has 3 aromatic rings. The van der Waals surface area contributed by atoms with Crippen LogP contribution in [0.2, 0.25) is 0 Å². The number of carbonyl (C=O) groups is 1. The normalized spacial score (nSPS) is 11.9. The van der Waals surface area contributed by atoms with Gasteiger partial charge in [-0.1, -0.05) is 48.2 Å². The first-order valence-electron chi connectivity index (χ1n) is 7.65. The summed E-state index contributed by atoms with van der Waals surface area (Å²) in [6.07, 6.45) is 0. The van der Waals surface area contributed by atoms with Crippen LogP contribution in [0.1, 0.15) is 12.7 Å². The molecule has 1 heterocycles. The van der Waals surface area contributed by atoms with E-state index >= 15 is 0 Å². The van der Waals surface area contributed by atoms with Crippen LogP contribution in [0.4, 0.5) is 5.69 Å². The van der Waals surface area contributed by atoms with Gasteiger partial charge in [-0.25, -0.2) is 0 Å². The molecule has 3 rings (SSSR count). The monoisotopic (exact) mass is 338 g/mol. The number of carbonyl (C=O) groups excluding carboxylic acids is 1. The fourth-order valence-electron chi connectivity index (χ4n) is 2.27. The fraction of sp³-hybridized carbons (Fsp3) is 0.167. The average Bonchev–Trinajstić information content (AvgIpc) is 2.97. The third kappa shape index (κ3) is 3.65. The highest BCUT2D eigenvalue weighted by molar-refractivity contribution is 8.00. The van der Waals surface area contributed by atoms with Crippen LogP contribution in [0.15, 0.2) is 65.8 Å². The van der Waals surface area contributed by atoms with Crippen molar-refractivity contribution in [2.75, 3.05) is 5.32 Å². The van der Waals surface area contributed by atoms with Gasteiger partial charge in [0, 0.05) is 11.4 Å². The zero-order valence-electron chi connectivity index (χ0n) is 13.5. The highest BCUT2D eigenvalue weighted by atomic mass is 32.2. The van der Waals surface area contributed by atoms with Crippen molar-refractivity contribution >= 4 is 23.4 Å². The van der Waals surface area contributed by atoms with E-state index in [1.54, 1.807) is 0 Å². The number of nitrogens with one attached hydrogen (secondary N) is 1. The van der Waals surface area contributed by atoms with Crippen LogP contribution < -0.4 is 5.32 Å². The topological polar surface area (TPSA) is 59.8 Å². The van der Waals surface area contributed by atoms with Crippen molar-refractivity contribution in [3.05, 3.63) is 66.5 Å². The Morgan fingerprint density at radius 3 is 2.33 bits per heavy atom. The first-order chi connectivity index (χ1) is 11.6. The molecule has 122 valence electrons. The van der Waals surface area contributed by atoms with Gasteiger partial charge in [0.05, 0.1) is 5.25 Å². The van der Waals surface area contributed by atoms with E-state index < -0.39 is 0 Å². The second kappa shape index (κ2) is 7.31. The molecule has 2 aromatic carbocycles. The summed E-state index contributed by atoms with van der Waals surface area (Å²) in [5, 5.41) is 11.7. The number of aromatic nitrogens is 3. The molecule has 0 unspecified atom stereocenters. The molecule has 0 aliphatic heterocycles. The van der Waals surface area contributed by atoms with Gasteiger partial charge >= 0.3 is 0 Å². The molecule has 5 nitrogen and oxygen atoms in total. The van der Waals surface area contributed by atoms with Crippen LogP contribution in [0.5, 0.6) is 0 Å². The first-order valence-corrected chi connectivity index (χ1v) is 8.53. The van der Waals surface area contributed by atoms with Crippen LogP contribution in [0.3, 0.4) is 0 Å². The van der Waals surface area contributed by atoms with E-state index in [2.05, 4.69) is 15.5 Å². The molecule has 0 aliphatic carbocycles. The Morgan fingerprint density at radius 2 is 1.67 bits per heavy atom. The van der Waals surface area contributed by atoms with Crippen LogP contribution in [0.25, 0.3) is 5.69 Å². The largest absolute Gasteiger partial charge is 0.325 e. The summed E-state index contributed by atoms with van der Waals surface area (Å²) in [5.41, 5.74) is 1.77. The summed E-state index contributed by atoms with van der Waals surface area (Å²) in [4.78, 5) is 12.4. The molecule has 0 radical (unpaired) electrons. The SMILES string of the molecule is Cc1nnc(S[C@@H](C)C(=O)Nc2ccccc2)n1-c1ccccc1. The van der Waals surface area contributed by atoms with Gasteiger partial charge in [0.25, 0.3) is 0 Å². The number of hydrogen-bond donors (Lipinski definition) is 1. The zero-order valence-corrected chi connectivity index (χ0v) is 14.3. The van der Waals surface area contributed by atoms with Crippen molar-refractivity contribution < 1.29 is 4.79 Å². The Morgan fingerprint density at radius 1 is 1.04 bits per heavy atom. The van der Waals surface area contributed by atoms with E-state index in [1.807, 2.05) is 79.1 Å². The number of hydrogen-bond acceptors (Lipinski definition) is 4. The minimum absolute atomic E-state index is 0.0635. The molecule has 1 atom stereocenters. The average molecular weight is 338 g/mol. The van der Waals surface area contributed by atoms with Crippen molar-refractivity contribution in [2.24, 2.45) is 0 Å². The highest BCUT2D eigenvalue weighted by Gasteiger charge is 2.19. The standard InChI is InChI=1S/C18H18N4OS/c1-13(17(23)19-15-9-5-3-6-10-15)24-18-21-20-14(2)22(18)16-11-7-4-8-12-16/h3-13H,1-2H3,(H,19,23)/t13-/m0/s1. The number of para-hydroxylation sites is 2. The Labute approximate surface area is 145 Å². The molecule has 0 saturated heterocycles. The molecule has 0 spiro atoms. The second-order valence-electron chi connectivity index (χ2n) is 5.32. The molecular weight excluding hydrogens is 320 g/mol. The maximum absolute atomic E-state index is 12.4. The molecule has 24 heavy (non-hydrogen) atoms. The minimum Gasteiger partial charge on any atom is -0.325 e. The van der Waals surface area contributed by atoms with Gasteiger partial charge in [0.1, 0.15) is 5.82 Å². The summed E-state index contributed by atoms with van der Waals surface area (Å²) >= 11 is 1.39. The van der Waals surface area contributed by atoms with E-state index in [1.165, 1.54) is 11.8 Å². The maximum Gasteiger partial charge on any atom is 0.237 e. The number of benzene rings is 2. The first kappa shape index (κ1) is 16.3. The van der Waals surface area contributed by atoms with Crippen molar-refractivity contribution in [3.63, 3.8) is 0 Å². The van der Waals surface area contributed by atoms with E-state index in [0.29, 0.717) is 5.16 Å². The number of rotatable bonds is 5. The molecule has 1 amide bonds. The van der Waals surface area contributed by atoms with E-state index in [0.717, 1.165) is 17.2 Å². The molecule has 0 bridgehead atoms. The van der Waals surface area contributed by atoms with Crippen molar-refractivity contribution in [1.29, 1.82) is 0 Å². The lowest BCUT2D eigenvalue weighted by Crippen LogP contribution is -2.22. The van der Waals surface area contributed by atoms with Gasteiger partial charge in [-0.15, -0.1) is 10.2 Å². The quantitative estimate of drug-likeness (QED) is 0.721. The zero-order chi connectivity index (χ0) is 16.9. The van der Waals surface area contributed by atoms with Gasteiger partial charge in [-0.3, -0.25) is 9.36 Å². The minimum atomic E-state index is -0.295. The Hall–Kier alpha value is -2.60. The maximum atomic E-state index is 12.4. The summed E-state index contributed by atoms with van der Waals surface area (Å²) in [6, 6.07) is 19.3. The summed E-state index contributed by atoms with van der Waals surface area (Å²) in [6.45, 7) is 3.76. The smallest absolute Gasteiger partial charge is 0.237 e. The summed E-state index contributed by atoms with van der Waals surface area (Å²) < 4.78 is 1.96. The highest BCUT2D eigenvalue weighted by Crippen LogP contribution is 2.26. The third-order valence-electron chi connectivity index (χ3n) is 3.50. The Balaban J connectivity index is 1.75. The lowest BCUT2D eigenvalue weighted by atomic mass is 10.3. The van der Waals surface area contributed by atoms with Gasteiger partial charge < -0.3 is 5.32 Å². The van der Waals surface area contributed by atoms with Crippen molar-refractivity contribution in [2.45, 2.75) is 24.3 Å². The lowest BCUT2D eigenvalue weighted by molar-refractivity contribution is -0.115. The molecule has 6 heteroatoms. The molecule has 0 saturated carbocycles. The van der Waals surface area contributed by atoms with Crippen LogP contribution in [0, 0.1) is 6.92 Å². The third-order valence-corrected chi connectivity index (χ3v) is 4.54. The number of nitrogens with zero attached hydrogens (tertiary/aromatic N) is 3. The fourth-order valence-corrected chi connectivity index (χ4v) is 3.18. The summed E-state index contributed by atoms with van der Waals surface area (Å²) in [7, 11) is 0. The van der Waals surface area contributed by atoms with E-state index in [9.17, 15) is 4.79 Å². The lowest BCUT2D eigenvalue weighted by Gasteiger charge is -2.13. The van der Waals surface area contributed by atoms with Crippen LogP contribution >= 0.6 is 11.8 Å². The molecule has 1 aromatic heterocycles. The Kier molecular flexibility index (Phi) is 4.96. The molecule has 1 N–H and O–H groups in total. The van der Waals surface area contributed by atoms with Crippen molar-refractivity contribution in [1.82, 2.24) is 14.8 Å². The molecule has 0 aliphatic rings. The van der Waals surface area contributed by atoms with Gasteiger partial charge in [-0.2, -0.15) is 0 Å². The second-order valence-corrected chi connectivity index (χ2v) is 6.62. The van der Waals surface area contributed by atoms with Crippen LogP contribution in [-0.2, 0) is 4.79 Å². The predicted molar refractivity (Wildman–Crippen MR) is 96.5 cm³/mol. The van der Waals surface area contributed by atoms with Crippen LogP contribution in [-0.4, -0.2) is 25.9 Å². The number of anilines is 1. The van der Waals surface area contributed by atoms with Gasteiger partial charge in [0.2, 0.25) is 5.91 Å². The number of thioether (sulfide) groups is 1. The Bertz CT molecular complexity index is 818. The van der Waals surface area contributed by atoms with E-state index in [4.69, 9.17) is 0 Å². The number of aryl methyl sites for hydroxylation is 1. The molecule has 0 fully saturated rings. The number of amides is 1. The van der Waals surface area contributed by atoms with Gasteiger partial charge in [0.15, 0.2) is 5.16 Å². The summed E-state index contributed by atoms with van der Waals surface area (Å²) in [5.74, 6) is 0.728.